The normalized spacial score (nSPS) is 13.2. The molecule has 0 radical (unpaired) electrons. The van der Waals surface area contributed by atoms with Gasteiger partial charge in [0.1, 0.15) is 9.84 Å². The van der Waals surface area contributed by atoms with Crippen LogP contribution in [0, 0.1) is 5.41 Å². The molecule has 2 N–H and O–H groups in total. The molecule has 0 aromatic heterocycles. The SMILES string of the molecule is CCCN(CCCS(=O)(=O)CC)CC(C)(C)CN. The number of nitrogens with two attached hydrogens (primary N) is 1. The molecule has 0 aromatic rings. The summed E-state index contributed by atoms with van der Waals surface area (Å²) < 4.78 is 22.9. The minimum Gasteiger partial charge on any atom is -0.330 e. The van der Waals surface area contributed by atoms with Gasteiger partial charge in [-0.15, -0.1) is 0 Å². The molecule has 4 nitrogen and oxygen atoms in total. The van der Waals surface area contributed by atoms with E-state index in [0.717, 1.165) is 32.5 Å². The number of nitrogens with zero attached hydrogens (tertiary/aromatic N) is 1. The highest BCUT2D eigenvalue weighted by Gasteiger charge is 2.20. The molecule has 0 saturated heterocycles. The average Bonchev–Trinajstić information content (AvgIpc) is 2.28. The Morgan fingerprint density at radius 1 is 1.17 bits per heavy atom. The van der Waals surface area contributed by atoms with Gasteiger partial charge in [-0.05, 0) is 37.9 Å². The molecule has 0 amide bonds. The van der Waals surface area contributed by atoms with Gasteiger partial charge in [0.25, 0.3) is 0 Å². The summed E-state index contributed by atoms with van der Waals surface area (Å²) in [6.45, 7) is 11.6. The minimum absolute atomic E-state index is 0.0960. The molecular formula is C13H30N2O2S. The van der Waals surface area contributed by atoms with E-state index in [1.807, 2.05) is 0 Å². The van der Waals surface area contributed by atoms with Crippen LogP contribution in [0.1, 0.15) is 40.5 Å². The van der Waals surface area contributed by atoms with Crippen molar-refractivity contribution in [3.63, 3.8) is 0 Å². The molecular weight excluding hydrogens is 248 g/mol. The zero-order valence-corrected chi connectivity index (χ0v) is 13.2. The lowest BCUT2D eigenvalue weighted by atomic mass is 9.93. The van der Waals surface area contributed by atoms with Crippen LogP contribution < -0.4 is 5.73 Å². The number of rotatable bonds is 10. The summed E-state index contributed by atoms with van der Waals surface area (Å²) in [5, 5.41) is 0. The first-order valence-corrected chi connectivity index (χ1v) is 8.71. The Morgan fingerprint density at radius 2 is 1.78 bits per heavy atom. The number of hydrogen-bond donors (Lipinski definition) is 1. The lowest BCUT2D eigenvalue weighted by molar-refractivity contribution is 0.183. The van der Waals surface area contributed by atoms with E-state index in [4.69, 9.17) is 5.73 Å². The third-order valence-corrected chi connectivity index (χ3v) is 4.90. The fourth-order valence-corrected chi connectivity index (χ4v) is 2.77. The highest BCUT2D eigenvalue weighted by atomic mass is 32.2. The van der Waals surface area contributed by atoms with Gasteiger partial charge < -0.3 is 10.6 Å². The van der Waals surface area contributed by atoms with E-state index in [1.165, 1.54) is 0 Å². The number of hydrogen-bond acceptors (Lipinski definition) is 4. The van der Waals surface area contributed by atoms with Gasteiger partial charge in [0.15, 0.2) is 0 Å². The first-order chi connectivity index (χ1) is 8.26. The molecule has 0 heterocycles. The standard InChI is InChI=1S/C13H30N2O2S/c1-5-8-15(12-13(3,4)11-14)9-7-10-18(16,17)6-2/h5-12,14H2,1-4H3. The summed E-state index contributed by atoms with van der Waals surface area (Å²) in [7, 11) is -2.83. The summed E-state index contributed by atoms with van der Waals surface area (Å²) in [4.78, 5) is 2.33. The Balaban J connectivity index is 4.21. The molecule has 0 saturated carbocycles. The summed E-state index contributed by atoms with van der Waals surface area (Å²) in [5.74, 6) is 0.543. The molecule has 0 unspecified atom stereocenters. The lowest BCUT2D eigenvalue weighted by Crippen LogP contribution is -2.40. The maximum Gasteiger partial charge on any atom is 0.150 e. The highest BCUT2D eigenvalue weighted by Crippen LogP contribution is 2.15. The molecule has 5 heteroatoms. The second kappa shape index (κ2) is 8.12. The first-order valence-electron chi connectivity index (χ1n) is 6.89. The molecule has 0 atom stereocenters. The molecule has 0 fully saturated rings. The smallest absolute Gasteiger partial charge is 0.150 e. The quantitative estimate of drug-likeness (QED) is 0.658. The van der Waals surface area contributed by atoms with E-state index in [2.05, 4.69) is 25.7 Å². The van der Waals surface area contributed by atoms with Gasteiger partial charge in [-0.3, -0.25) is 0 Å². The summed E-state index contributed by atoms with van der Waals surface area (Å²) in [6, 6.07) is 0. The summed E-state index contributed by atoms with van der Waals surface area (Å²) in [5.41, 5.74) is 5.84. The molecule has 0 aromatic carbocycles. The van der Waals surface area contributed by atoms with Crippen molar-refractivity contribution in [3.05, 3.63) is 0 Å². The zero-order chi connectivity index (χ0) is 14.2. The van der Waals surface area contributed by atoms with Gasteiger partial charge in [-0.2, -0.15) is 0 Å². The van der Waals surface area contributed by atoms with E-state index < -0.39 is 9.84 Å². The van der Waals surface area contributed by atoms with Crippen LogP contribution in [0.5, 0.6) is 0 Å². The molecule has 0 rings (SSSR count). The highest BCUT2D eigenvalue weighted by molar-refractivity contribution is 7.91. The van der Waals surface area contributed by atoms with Gasteiger partial charge in [0.05, 0.1) is 5.75 Å². The van der Waals surface area contributed by atoms with Crippen LogP contribution >= 0.6 is 0 Å². The Morgan fingerprint density at radius 3 is 2.22 bits per heavy atom. The van der Waals surface area contributed by atoms with E-state index in [0.29, 0.717) is 12.3 Å². The van der Waals surface area contributed by atoms with Crippen LogP contribution in [0.2, 0.25) is 0 Å². The van der Waals surface area contributed by atoms with Gasteiger partial charge in [0, 0.05) is 12.3 Å². The predicted octanol–water partition coefficient (Wildman–Crippen LogP) is 1.51. The van der Waals surface area contributed by atoms with Gasteiger partial charge in [-0.25, -0.2) is 8.42 Å². The zero-order valence-electron chi connectivity index (χ0n) is 12.4. The topological polar surface area (TPSA) is 63.4 Å². The number of sulfone groups is 1. The van der Waals surface area contributed by atoms with Crippen LogP contribution in [0.4, 0.5) is 0 Å². The fraction of sp³-hybridized carbons (Fsp3) is 1.00. The van der Waals surface area contributed by atoms with Crippen molar-refractivity contribution in [1.29, 1.82) is 0 Å². The molecule has 18 heavy (non-hydrogen) atoms. The summed E-state index contributed by atoms with van der Waals surface area (Å²) in [6.07, 6.45) is 1.80. The van der Waals surface area contributed by atoms with Crippen LogP contribution in [0.25, 0.3) is 0 Å². The molecule has 0 aliphatic carbocycles. The molecule has 0 aliphatic rings. The van der Waals surface area contributed by atoms with Gasteiger partial charge in [0.2, 0.25) is 0 Å². The van der Waals surface area contributed by atoms with E-state index in [-0.39, 0.29) is 11.2 Å². The molecule has 0 bridgehead atoms. The van der Waals surface area contributed by atoms with Crippen molar-refractivity contribution >= 4 is 9.84 Å². The molecule has 110 valence electrons. The monoisotopic (exact) mass is 278 g/mol. The maximum atomic E-state index is 11.4. The molecule has 0 aliphatic heterocycles. The first kappa shape index (κ1) is 17.9. The minimum atomic E-state index is -2.83. The van der Waals surface area contributed by atoms with E-state index in [1.54, 1.807) is 6.92 Å². The summed E-state index contributed by atoms with van der Waals surface area (Å²) >= 11 is 0. The lowest BCUT2D eigenvalue weighted by Gasteiger charge is -2.31. The van der Waals surface area contributed by atoms with Crippen LogP contribution in [0.3, 0.4) is 0 Å². The van der Waals surface area contributed by atoms with Gasteiger partial charge in [-0.1, -0.05) is 27.7 Å². The van der Waals surface area contributed by atoms with Crippen molar-refractivity contribution in [1.82, 2.24) is 4.90 Å². The van der Waals surface area contributed by atoms with Crippen molar-refractivity contribution < 1.29 is 8.42 Å². The third-order valence-electron chi connectivity index (χ3n) is 3.11. The van der Waals surface area contributed by atoms with Crippen LogP contribution in [0.15, 0.2) is 0 Å². The largest absolute Gasteiger partial charge is 0.330 e. The van der Waals surface area contributed by atoms with Crippen molar-refractivity contribution in [2.45, 2.75) is 40.5 Å². The second-order valence-corrected chi connectivity index (χ2v) is 8.21. The molecule has 0 spiro atoms. The van der Waals surface area contributed by atoms with Crippen LogP contribution in [-0.2, 0) is 9.84 Å². The third kappa shape index (κ3) is 8.06. The Bertz CT molecular complexity index is 313. The van der Waals surface area contributed by atoms with Crippen molar-refractivity contribution in [2.24, 2.45) is 11.1 Å². The predicted molar refractivity (Wildman–Crippen MR) is 78.5 cm³/mol. The van der Waals surface area contributed by atoms with Crippen LogP contribution in [-0.4, -0.2) is 51.0 Å². The Kier molecular flexibility index (Phi) is 8.06. The Labute approximate surface area is 113 Å². The van der Waals surface area contributed by atoms with Gasteiger partial charge >= 0.3 is 0 Å². The van der Waals surface area contributed by atoms with Crippen molar-refractivity contribution in [3.8, 4) is 0 Å². The average molecular weight is 278 g/mol. The Hall–Kier alpha value is -0.130. The fourth-order valence-electron chi connectivity index (χ4n) is 1.91. The van der Waals surface area contributed by atoms with E-state index >= 15 is 0 Å². The van der Waals surface area contributed by atoms with Crippen molar-refractivity contribution in [2.75, 3.05) is 37.7 Å². The van der Waals surface area contributed by atoms with E-state index in [9.17, 15) is 8.42 Å². The maximum absolute atomic E-state index is 11.4. The second-order valence-electron chi connectivity index (χ2n) is 5.73.